The summed E-state index contributed by atoms with van der Waals surface area (Å²) in [7, 11) is 0. The molecule has 2 aromatic rings. The van der Waals surface area contributed by atoms with E-state index in [1.165, 1.54) is 0 Å². The van der Waals surface area contributed by atoms with Crippen LogP contribution in [0.25, 0.3) is 10.9 Å². The summed E-state index contributed by atoms with van der Waals surface area (Å²) in [5.74, 6) is 0.427. The quantitative estimate of drug-likeness (QED) is 0.481. The second kappa shape index (κ2) is 8.60. The maximum absolute atomic E-state index is 15.4. The van der Waals surface area contributed by atoms with E-state index in [1.807, 2.05) is 20.8 Å². The summed E-state index contributed by atoms with van der Waals surface area (Å²) in [6, 6.07) is 0.252. The minimum Gasteiger partial charge on any atom is -0.444 e. The number of ether oxygens (including phenoxy) is 3. The molecule has 2 aromatic heterocycles. The average Bonchev–Trinajstić information content (AvgIpc) is 3.69. The fourth-order valence-corrected chi connectivity index (χ4v) is 6.15. The van der Waals surface area contributed by atoms with Crippen LogP contribution in [0.2, 0.25) is 5.15 Å². The number of fused-ring (bicyclic) bond motifs is 2. The Bertz CT molecular complexity index is 1140. The van der Waals surface area contributed by atoms with Gasteiger partial charge in [-0.15, -0.1) is 0 Å². The predicted octanol–water partition coefficient (Wildman–Crippen LogP) is 5.79. The first-order chi connectivity index (χ1) is 16.7. The van der Waals surface area contributed by atoms with Crippen molar-refractivity contribution in [3.05, 3.63) is 28.4 Å². The molecule has 4 fully saturated rings. The van der Waals surface area contributed by atoms with E-state index in [9.17, 15) is 4.79 Å². The van der Waals surface area contributed by atoms with Crippen molar-refractivity contribution in [3.63, 3.8) is 0 Å². The van der Waals surface area contributed by atoms with E-state index in [-0.39, 0.29) is 29.5 Å². The first kappa shape index (κ1) is 23.5. The Morgan fingerprint density at radius 3 is 2.60 bits per heavy atom. The Labute approximate surface area is 209 Å². The number of pyridine rings is 1. The third-order valence-electron chi connectivity index (χ3n) is 7.72. The van der Waals surface area contributed by atoms with Gasteiger partial charge in [-0.25, -0.2) is 14.2 Å². The van der Waals surface area contributed by atoms with Gasteiger partial charge in [0.05, 0.1) is 12.1 Å². The molecule has 4 aliphatic rings. The Morgan fingerprint density at radius 1 is 1.23 bits per heavy atom. The number of hydrogen-bond donors (Lipinski definition) is 0. The molecule has 190 valence electrons. The van der Waals surface area contributed by atoms with Crippen LogP contribution < -0.4 is 0 Å². The Hall–Kier alpha value is -1.90. The van der Waals surface area contributed by atoms with Crippen molar-refractivity contribution in [3.8, 4) is 0 Å². The van der Waals surface area contributed by atoms with Crippen LogP contribution in [0.5, 0.6) is 0 Å². The largest absolute Gasteiger partial charge is 0.444 e. The lowest BCUT2D eigenvalue weighted by Crippen LogP contribution is -2.36. The molecule has 0 bridgehead atoms. The van der Waals surface area contributed by atoms with Crippen LogP contribution in [0.4, 0.5) is 9.18 Å². The van der Waals surface area contributed by atoms with E-state index in [1.54, 1.807) is 11.1 Å². The highest BCUT2D eigenvalue weighted by molar-refractivity contribution is 6.30. The number of nitrogens with zero attached hydrogens (tertiary/aromatic N) is 3. The zero-order valence-corrected chi connectivity index (χ0v) is 21.3. The van der Waals surface area contributed by atoms with Crippen molar-refractivity contribution < 1.29 is 23.4 Å². The number of halogens is 2. The molecule has 1 amide bonds. The molecule has 0 spiro atoms. The summed E-state index contributed by atoms with van der Waals surface area (Å²) < 4.78 is 35.1. The van der Waals surface area contributed by atoms with Gasteiger partial charge >= 0.3 is 6.09 Å². The van der Waals surface area contributed by atoms with Crippen LogP contribution in [0.3, 0.4) is 0 Å². The Morgan fingerprint density at radius 2 is 1.97 bits per heavy atom. The molecule has 7 nitrogen and oxygen atoms in total. The number of piperidine rings is 1. The molecule has 2 saturated carbocycles. The molecular formula is C26H33ClFN3O4. The number of carbonyl (C=O) groups excluding carboxylic acids is 1. The summed E-state index contributed by atoms with van der Waals surface area (Å²) in [4.78, 5) is 18.6. The second-order valence-corrected chi connectivity index (χ2v) is 11.8. The van der Waals surface area contributed by atoms with Crippen molar-refractivity contribution in [1.82, 2.24) is 14.5 Å². The van der Waals surface area contributed by atoms with Crippen LogP contribution in [-0.4, -0.2) is 52.1 Å². The molecule has 6 rings (SSSR count). The van der Waals surface area contributed by atoms with Gasteiger partial charge in [-0.05, 0) is 76.2 Å². The van der Waals surface area contributed by atoms with Crippen LogP contribution in [0, 0.1) is 17.7 Å². The molecule has 4 heterocycles. The molecular weight excluding hydrogens is 473 g/mol. The highest BCUT2D eigenvalue weighted by Gasteiger charge is 2.59. The molecule has 2 aliphatic heterocycles. The van der Waals surface area contributed by atoms with Gasteiger partial charge in [-0.3, -0.25) is 0 Å². The zero-order valence-electron chi connectivity index (χ0n) is 20.6. The summed E-state index contributed by atoms with van der Waals surface area (Å²) in [5, 5.41) is 0.726. The summed E-state index contributed by atoms with van der Waals surface area (Å²) in [5.41, 5.74) is 2.15. The standard InChI is InChI=1S/C26H33ClFN3O4/c1-26(2,3)35-25(32)30-11-16-17(12-30)20(16)21-15-10-29-24(27)22(28)23(15)31(14-7-8-14)18(21)13-34-19-6-4-5-9-33-19/h10,14,16-17,19-20H,4-9,11-13H2,1-3H3/t16-,17+,19-,20?/m0/s1. The fraction of sp³-hybridized carbons (Fsp3) is 0.692. The van der Waals surface area contributed by atoms with Crippen molar-refractivity contribution >= 4 is 28.6 Å². The lowest BCUT2D eigenvalue weighted by Gasteiger charge is -2.26. The monoisotopic (exact) mass is 505 g/mol. The molecule has 0 N–H and O–H groups in total. The highest BCUT2D eigenvalue weighted by Crippen LogP contribution is 2.61. The van der Waals surface area contributed by atoms with Crippen LogP contribution in [0.15, 0.2) is 6.20 Å². The molecule has 2 aliphatic carbocycles. The van der Waals surface area contributed by atoms with Crippen molar-refractivity contribution in [1.29, 1.82) is 0 Å². The third kappa shape index (κ3) is 4.31. The van der Waals surface area contributed by atoms with Crippen LogP contribution >= 0.6 is 11.6 Å². The number of carbonyl (C=O) groups is 1. The Balaban J connectivity index is 1.32. The first-order valence-electron chi connectivity index (χ1n) is 12.8. The van der Waals surface area contributed by atoms with Crippen LogP contribution in [0.1, 0.15) is 76.1 Å². The molecule has 4 atom stereocenters. The minimum atomic E-state index is -0.519. The van der Waals surface area contributed by atoms with Crippen molar-refractivity contribution in [2.45, 2.75) is 83.3 Å². The van der Waals surface area contributed by atoms with Crippen LogP contribution in [-0.2, 0) is 20.8 Å². The van der Waals surface area contributed by atoms with E-state index in [0.29, 0.717) is 43.7 Å². The maximum atomic E-state index is 15.4. The van der Waals surface area contributed by atoms with Gasteiger partial charge in [-0.1, -0.05) is 11.6 Å². The molecule has 35 heavy (non-hydrogen) atoms. The number of amides is 1. The number of aromatic nitrogens is 2. The van der Waals surface area contributed by atoms with E-state index in [4.69, 9.17) is 25.8 Å². The van der Waals surface area contributed by atoms with Crippen molar-refractivity contribution in [2.24, 2.45) is 11.8 Å². The topological polar surface area (TPSA) is 65.8 Å². The van der Waals surface area contributed by atoms with E-state index < -0.39 is 11.4 Å². The third-order valence-corrected chi connectivity index (χ3v) is 7.98. The smallest absolute Gasteiger partial charge is 0.410 e. The van der Waals surface area contributed by atoms with Gasteiger partial charge in [0, 0.05) is 43.0 Å². The average molecular weight is 506 g/mol. The number of rotatable bonds is 5. The van der Waals surface area contributed by atoms with Gasteiger partial charge in [-0.2, -0.15) is 0 Å². The molecule has 0 radical (unpaired) electrons. The maximum Gasteiger partial charge on any atom is 0.410 e. The normalized spacial score (nSPS) is 28.4. The van der Waals surface area contributed by atoms with Gasteiger partial charge in [0.15, 0.2) is 17.3 Å². The summed E-state index contributed by atoms with van der Waals surface area (Å²) in [6.07, 6.45) is 6.28. The predicted molar refractivity (Wildman–Crippen MR) is 129 cm³/mol. The van der Waals surface area contributed by atoms with Gasteiger partial charge < -0.3 is 23.7 Å². The SMILES string of the molecule is CC(C)(C)OC(=O)N1C[C@@H]2C(c3c(CO[C@H]4CCCCO4)n(C4CC4)c4c(F)c(Cl)ncc34)[C@@H]2C1. The van der Waals surface area contributed by atoms with Crippen molar-refractivity contribution in [2.75, 3.05) is 19.7 Å². The summed E-state index contributed by atoms with van der Waals surface area (Å²) in [6.45, 7) is 8.02. The molecule has 0 aromatic carbocycles. The lowest BCUT2D eigenvalue weighted by atomic mass is 10.0. The van der Waals surface area contributed by atoms with E-state index in [2.05, 4.69) is 9.55 Å². The van der Waals surface area contributed by atoms with E-state index >= 15 is 4.39 Å². The zero-order chi connectivity index (χ0) is 24.5. The van der Waals surface area contributed by atoms with Gasteiger partial charge in [0.1, 0.15) is 5.60 Å². The second-order valence-electron chi connectivity index (χ2n) is 11.4. The Kier molecular flexibility index (Phi) is 5.77. The highest BCUT2D eigenvalue weighted by atomic mass is 35.5. The minimum absolute atomic E-state index is 0.0985. The number of likely N-dealkylation sites (tertiary alicyclic amines) is 1. The summed E-state index contributed by atoms with van der Waals surface area (Å²) >= 11 is 6.13. The first-order valence-corrected chi connectivity index (χ1v) is 13.2. The lowest BCUT2D eigenvalue weighted by molar-refractivity contribution is -0.169. The molecule has 9 heteroatoms. The number of hydrogen-bond acceptors (Lipinski definition) is 5. The van der Waals surface area contributed by atoms with Gasteiger partial charge in [0.25, 0.3) is 0 Å². The molecule has 2 saturated heterocycles. The molecule has 1 unspecified atom stereocenters. The van der Waals surface area contributed by atoms with Gasteiger partial charge in [0.2, 0.25) is 0 Å². The van der Waals surface area contributed by atoms with E-state index in [0.717, 1.165) is 48.7 Å². The fourth-order valence-electron chi connectivity index (χ4n) is 6.01.